The van der Waals surface area contributed by atoms with E-state index in [1.165, 1.54) is 26.9 Å². The van der Waals surface area contributed by atoms with Gasteiger partial charge >= 0.3 is 0 Å². The highest BCUT2D eigenvalue weighted by atomic mass is 16.6. The smallest absolute Gasteiger partial charge is 0.162 e. The van der Waals surface area contributed by atoms with Crippen molar-refractivity contribution < 1.29 is 42.7 Å². The summed E-state index contributed by atoms with van der Waals surface area (Å²) < 4.78 is 54.4. The second-order valence-corrected chi connectivity index (χ2v) is 19.0. The minimum Gasteiger partial charge on any atom is -0.374 e. The quantitative estimate of drug-likeness (QED) is 0.0991. The molecule has 0 aromatic heterocycles. The Morgan fingerprint density at radius 1 is 0.609 bits per heavy atom. The van der Waals surface area contributed by atoms with Gasteiger partial charge in [0.05, 0.1) is 63.1 Å². The van der Waals surface area contributed by atoms with E-state index in [1.807, 2.05) is 6.08 Å². The molecule has 6 aromatic carbocycles. The molecule has 9 heteroatoms. The van der Waals surface area contributed by atoms with Crippen LogP contribution in [0.3, 0.4) is 0 Å². The molecule has 12 atom stereocenters. The van der Waals surface area contributed by atoms with Gasteiger partial charge in [-0.3, -0.25) is 4.79 Å². The van der Waals surface area contributed by atoms with Crippen LogP contribution in [-0.4, -0.2) is 85.6 Å². The van der Waals surface area contributed by atoms with Crippen molar-refractivity contribution in [3.8, 4) is 0 Å². The van der Waals surface area contributed by atoms with Crippen LogP contribution in [0.25, 0.3) is 32.3 Å². The Balaban J connectivity index is 0.833. The summed E-state index contributed by atoms with van der Waals surface area (Å²) in [5.74, 6) is 0.0912. The topological polar surface area (TPSA) is 90.9 Å². The van der Waals surface area contributed by atoms with Crippen LogP contribution in [-0.2, 0) is 62.5 Å². The van der Waals surface area contributed by atoms with Gasteiger partial charge in [-0.05, 0) is 86.5 Å². The molecule has 69 heavy (non-hydrogen) atoms. The molecule has 5 aliphatic rings. The molecule has 0 aliphatic carbocycles. The van der Waals surface area contributed by atoms with E-state index >= 15 is 0 Å². The zero-order valence-corrected chi connectivity index (χ0v) is 38.8. The van der Waals surface area contributed by atoms with Crippen LogP contribution in [0.1, 0.15) is 48.8 Å². The van der Waals surface area contributed by atoms with Crippen molar-refractivity contribution in [3.05, 3.63) is 193 Å². The monoisotopic (exact) mass is 924 g/mol. The Bertz CT molecular complexity index is 2850. The number of ether oxygens (including phenoxy) is 8. The van der Waals surface area contributed by atoms with Crippen LogP contribution in [0.15, 0.2) is 177 Å². The number of hydrogen-bond acceptors (Lipinski definition) is 9. The molecule has 0 bridgehead atoms. The maximum absolute atomic E-state index is 12.9. The first kappa shape index (κ1) is 45.8. The second-order valence-electron chi connectivity index (χ2n) is 19.0. The average Bonchev–Trinajstić information content (AvgIpc) is 3.76. The molecule has 9 nitrogen and oxygen atoms in total. The average molecular weight is 925 g/mol. The Labute approximate surface area is 404 Å². The lowest BCUT2D eigenvalue weighted by atomic mass is 9.87. The molecule has 6 aromatic rings. The Kier molecular flexibility index (Phi) is 14.1. The maximum atomic E-state index is 12.9. The standard InChI is InChI=1S/C60H60O9/c1-2-10-51-50(61)27-28-52-53(66-51)29-30-54-56(67-52)34-57-59(69-54)60(64-37-41-21-24-44-13-5-8-16-47(44)33-41)58-55(68-57)18-9-17-48(65-58)25-26-49(63-36-40-20-23-43-12-4-7-15-46(43)32-40)38-62-35-39-19-22-42-11-3-6-14-45(42)31-39/h2-9,11-17,19-26,29-33,48-49,51-60H,1,10,18,27-28,34-38H2/b26-25+/t48-,49+,51-,52-,53+,54-,55+,56+,57-,58-,59+,60-/m1/s1. The summed E-state index contributed by atoms with van der Waals surface area (Å²) in [4.78, 5) is 12.9. The second kappa shape index (κ2) is 21.2. The van der Waals surface area contributed by atoms with Gasteiger partial charge in [0, 0.05) is 12.8 Å². The fourth-order valence-corrected chi connectivity index (χ4v) is 10.6. The largest absolute Gasteiger partial charge is 0.374 e. The molecule has 3 saturated heterocycles. The third-order valence-electron chi connectivity index (χ3n) is 14.2. The van der Waals surface area contributed by atoms with E-state index in [1.54, 1.807) is 6.08 Å². The number of benzene rings is 6. The van der Waals surface area contributed by atoms with E-state index in [2.05, 4.69) is 164 Å². The summed E-state index contributed by atoms with van der Waals surface area (Å²) >= 11 is 0. The van der Waals surface area contributed by atoms with Crippen molar-refractivity contribution in [2.45, 2.75) is 125 Å². The SMILES string of the molecule is C=CC[C@H]1O[C@H]2C=C[C@H]3O[C@@H]4[C@H](OCc5ccc6ccccc6c5)[C@@H]5O[C@@H](/C=C/[C@@H](COCc6ccc7ccccc7c6)OCc6ccc7ccccc7c6)C=CC[C@@H]5O[C@@H]4C[C@@H]3O[C@@H]2CCC1=O. The Hall–Kier alpha value is -5.59. The number of carbonyl (C=O) groups excluding carboxylic acids is 1. The molecule has 354 valence electrons. The van der Waals surface area contributed by atoms with Gasteiger partial charge in [0.25, 0.3) is 0 Å². The maximum Gasteiger partial charge on any atom is 0.162 e. The molecule has 3 fully saturated rings. The van der Waals surface area contributed by atoms with Gasteiger partial charge in [-0.25, -0.2) is 0 Å². The lowest BCUT2D eigenvalue weighted by Crippen LogP contribution is -2.64. The minimum atomic E-state index is -0.528. The number of rotatable bonds is 14. The third-order valence-corrected chi connectivity index (χ3v) is 14.2. The zero-order chi connectivity index (χ0) is 46.5. The summed E-state index contributed by atoms with van der Waals surface area (Å²) in [6, 6.07) is 44.5. The first-order valence-corrected chi connectivity index (χ1v) is 24.7. The van der Waals surface area contributed by atoms with E-state index in [9.17, 15) is 4.79 Å². The highest BCUT2D eigenvalue weighted by Gasteiger charge is 2.54. The van der Waals surface area contributed by atoms with Crippen LogP contribution in [0.5, 0.6) is 0 Å². The summed E-state index contributed by atoms with van der Waals surface area (Å²) in [5.41, 5.74) is 3.27. The predicted molar refractivity (Wildman–Crippen MR) is 268 cm³/mol. The number of fused-ring (bicyclic) bond motifs is 7. The third kappa shape index (κ3) is 10.6. The summed E-state index contributed by atoms with van der Waals surface area (Å²) in [6.07, 6.45) is 12.4. The van der Waals surface area contributed by atoms with Crippen LogP contribution in [0.2, 0.25) is 0 Å². The Morgan fingerprint density at radius 2 is 1.20 bits per heavy atom. The first-order chi connectivity index (χ1) is 34.0. The lowest BCUT2D eigenvalue weighted by molar-refractivity contribution is -0.298. The molecule has 0 unspecified atom stereocenters. The molecule has 0 amide bonds. The van der Waals surface area contributed by atoms with Crippen molar-refractivity contribution in [2.75, 3.05) is 6.61 Å². The molecular formula is C60H60O9. The minimum absolute atomic E-state index is 0.0912. The number of carbonyl (C=O) groups is 1. The van der Waals surface area contributed by atoms with Crippen LogP contribution >= 0.6 is 0 Å². The number of hydrogen-bond donors (Lipinski definition) is 0. The molecular weight excluding hydrogens is 865 g/mol. The fourth-order valence-electron chi connectivity index (χ4n) is 10.6. The molecule has 0 saturated carbocycles. The highest BCUT2D eigenvalue weighted by Crippen LogP contribution is 2.41. The fraction of sp³-hybridized carbons (Fsp3) is 0.350. The molecule has 0 N–H and O–H groups in total. The van der Waals surface area contributed by atoms with Gasteiger partial charge in [0.2, 0.25) is 0 Å². The van der Waals surface area contributed by atoms with E-state index in [0.717, 1.165) is 22.1 Å². The van der Waals surface area contributed by atoms with Crippen LogP contribution in [0, 0.1) is 0 Å². The van der Waals surface area contributed by atoms with Gasteiger partial charge in [-0.1, -0.05) is 152 Å². The number of Topliss-reactive ketones (excluding diaryl/α,β-unsaturated/α-hetero) is 1. The molecule has 0 spiro atoms. The van der Waals surface area contributed by atoms with Gasteiger partial charge in [-0.15, -0.1) is 6.58 Å². The normalized spacial score (nSPS) is 29.4. The molecule has 5 aliphatic heterocycles. The van der Waals surface area contributed by atoms with Crippen molar-refractivity contribution >= 4 is 38.1 Å². The van der Waals surface area contributed by atoms with Crippen molar-refractivity contribution in [2.24, 2.45) is 0 Å². The van der Waals surface area contributed by atoms with Gasteiger partial charge in [-0.2, -0.15) is 0 Å². The molecule has 0 radical (unpaired) electrons. The summed E-state index contributed by atoms with van der Waals surface area (Å²) in [5, 5.41) is 7.11. The molecule has 5 heterocycles. The van der Waals surface area contributed by atoms with Crippen molar-refractivity contribution in [1.82, 2.24) is 0 Å². The van der Waals surface area contributed by atoms with Crippen molar-refractivity contribution in [1.29, 1.82) is 0 Å². The summed E-state index contributed by atoms with van der Waals surface area (Å²) in [7, 11) is 0. The van der Waals surface area contributed by atoms with Gasteiger partial charge in [0.15, 0.2) is 5.78 Å². The van der Waals surface area contributed by atoms with E-state index in [0.29, 0.717) is 58.5 Å². The molecule has 11 rings (SSSR count). The van der Waals surface area contributed by atoms with E-state index in [4.69, 9.17) is 37.9 Å². The van der Waals surface area contributed by atoms with Gasteiger partial charge < -0.3 is 37.9 Å². The lowest BCUT2D eigenvalue weighted by Gasteiger charge is -2.51. The number of ketones is 1. The predicted octanol–water partition coefficient (Wildman–Crippen LogP) is 11.0. The van der Waals surface area contributed by atoms with E-state index < -0.39 is 30.5 Å². The van der Waals surface area contributed by atoms with Crippen LogP contribution in [0.4, 0.5) is 0 Å². The summed E-state index contributed by atoms with van der Waals surface area (Å²) in [6.45, 7) is 5.46. The van der Waals surface area contributed by atoms with Crippen LogP contribution < -0.4 is 0 Å². The zero-order valence-electron chi connectivity index (χ0n) is 38.8. The van der Waals surface area contributed by atoms with E-state index in [-0.39, 0.29) is 48.5 Å². The van der Waals surface area contributed by atoms with Gasteiger partial charge in [0.1, 0.15) is 36.6 Å². The van der Waals surface area contributed by atoms with Crippen molar-refractivity contribution in [3.63, 3.8) is 0 Å². The first-order valence-electron chi connectivity index (χ1n) is 24.7. The highest BCUT2D eigenvalue weighted by molar-refractivity contribution is 5.85. The Morgan fingerprint density at radius 3 is 1.87 bits per heavy atom.